The number of hydrogen-bond acceptors (Lipinski definition) is 3. The van der Waals surface area contributed by atoms with E-state index in [0.29, 0.717) is 38.4 Å². The fourth-order valence-corrected chi connectivity index (χ4v) is 4.66. The molecule has 1 N–H and O–H groups in total. The minimum absolute atomic E-state index is 0.0819. The highest BCUT2D eigenvalue weighted by atomic mass is 16.2. The molecule has 3 fully saturated rings. The maximum absolute atomic E-state index is 12.7. The number of nitrogens with one attached hydrogen (secondary N) is 1. The summed E-state index contributed by atoms with van der Waals surface area (Å²) in [5.74, 6) is 0.434. The molecule has 0 spiro atoms. The third-order valence-electron chi connectivity index (χ3n) is 6.35. The standard InChI is InChI=1S/C21H35N3O3/c25-19-10-6-13-23(19)14-7-15-24-16-17(11-12-20(24)26)21(27)22-18-8-4-2-1-3-5-9-18/h17-18H,1-16H2,(H,22,27). The van der Waals surface area contributed by atoms with Crippen LogP contribution in [0.2, 0.25) is 0 Å². The molecule has 0 aromatic rings. The average molecular weight is 378 g/mol. The van der Waals surface area contributed by atoms with Gasteiger partial charge in [0.1, 0.15) is 0 Å². The second kappa shape index (κ2) is 10.1. The maximum Gasteiger partial charge on any atom is 0.225 e. The normalized spacial score (nSPS) is 25.4. The molecular formula is C21H35N3O3. The molecule has 2 aliphatic heterocycles. The van der Waals surface area contributed by atoms with E-state index in [1.54, 1.807) is 0 Å². The van der Waals surface area contributed by atoms with Crippen molar-refractivity contribution in [3.8, 4) is 0 Å². The molecule has 0 bridgehead atoms. The first-order valence-electron chi connectivity index (χ1n) is 11.0. The fraction of sp³-hybridized carbons (Fsp3) is 0.857. The number of rotatable bonds is 6. The van der Waals surface area contributed by atoms with Crippen LogP contribution in [-0.2, 0) is 14.4 Å². The van der Waals surface area contributed by atoms with Gasteiger partial charge in [0.25, 0.3) is 0 Å². The summed E-state index contributed by atoms with van der Waals surface area (Å²) in [6.07, 6.45) is 12.0. The summed E-state index contributed by atoms with van der Waals surface area (Å²) in [5, 5.41) is 3.27. The summed E-state index contributed by atoms with van der Waals surface area (Å²) < 4.78 is 0. The van der Waals surface area contributed by atoms with Crippen molar-refractivity contribution in [2.24, 2.45) is 5.92 Å². The van der Waals surface area contributed by atoms with Gasteiger partial charge in [-0.1, -0.05) is 32.1 Å². The van der Waals surface area contributed by atoms with Crippen LogP contribution >= 0.6 is 0 Å². The summed E-state index contributed by atoms with van der Waals surface area (Å²) in [4.78, 5) is 40.4. The summed E-state index contributed by atoms with van der Waals surface area (Å²) in [7, 11) is 0. The monoisotopic (exact) mass is 377 g/mol. The minimum atomic E-state index is -0.0819. The van der Waals surface area contributed by atoms with Gasteiger partial charge < -0.3 is 15.1 Å². The van der Waals surface area contributed by atoms with Gasteiger partial charge in [-0.25, -0.2) is 0 Å². The van der Waals surface area contributed by atoms with E-state index in [9.17, 15) is 14.4 Å². The van der Waals surface area contributed by atoms with Gasteiger partial charge in [-0.15, -0.1) is 0 Å². The third kappa shape index (κ3) is 5.94. The molecule has 1 atom stereocenters. The third-order valence-corrected chi connectivity index (χ3v) is 6.35. The van der Waals surface area contributed by atoms with Gasteiger partial charge in [0.15, 0.2) is 0 Å². The second-order valence-electron chi connectivity index (χ2n) is 8.46. The van der Waals surface area contributed by atoms with E-state index in [1.807, 2.05) is 9.80 Å². The van der Waals surface area contributed by atoms with Crippen molar-refractivity contribution in [2.75, 3.05) is 26.2 Å². The van der Waals surface area contributed by atoms with Crippen LogP contribution in [-0.4, -0.2) is 59.7 Å². The first kappa shape index (κ1) is 20.2. The van der Waals surface area contributed by atoms with Gasteiger partial charge in [0.05, 0.1) is 5.92 Å². The Morgan fingerprint density at radius 2 is 1.52 bits per heavy atom. The summed E-state index contributed by atoms with van der Waals surface area (Å²) in [5.41, 5.74) is 0. The van der Waals surface area contributed by atoms with Crippen LogP contribution in [0.1, 0.15) is 77.0 Å². The molecule has 3 aliphatic rings. The molecule has 2 heterocycles. The van der Waals surface area contributed by atoms with E-state index in [2.05, 4.69) is 5.32 Å². The second-order valence-corrected chi connectivity index (χ2v) is 8.46. The number of carbonyl (C=O) groups is 3. The van der Waals surface area contributed by atoms with E-state index in [1.165, 1.54) is 32.1 Å². The molecule has 1 unspecified atom stereocenters. The Bertz CT molecular complexity index is 529. The topological polar surface area (TPSA) is 69.7 Å². The SMILES string of the molecule is O=C(NC1CCCCCCC1)C1CCC(=O)N(CCCN2CCCC2=O)C1. The van der Waals surface area contributed by atoms with Gasteiger partial charge >= 0.3 is 0 Å². The zero-order valence-corrected chi connectivity index (χ0v) is 16.6. The van der Waals surface area contributed by atoms with Gasteiger partial charge in [0.2, 0.25) is 17.7 Å². The number of nitrogens with zero attached hydrogens (tertiary/aromatic N) is 2. The largest absolute Gasteiger partial charge is 0.353 e. The van der Waals surface area contributed by atoms with Crippen LogP contribution in [0.25, 0.3) is 0 Å². The molecule has 0 aromatic carbocycles. The molecule has 6 nitrogen and oxygen atoms in total. The molecule has 1 aliphatic carbocycles. The number of carbonyl (C=O) groups excluding carboxylic acids is 3. The molecule has 6 heteroatoms. The molecule has 1 saturated carbocycles. The molecule has 3 rings (SSSR count). The fourth-order valence-electron chi connectivity index (χ4n) is 4.66. The molecular weight excluding hydrogens is 342 g/mol. The van der Waals surface area contributed by atoms with Gasteiger partial charge in [-0.3, -0.25) is 14.4 Å². The van der Waals surface area contributed by atoms with Crippen molar-refractivity contribution >= 4 is 17.7 Å². The zero-order chi connectivity index (χ0) is 19.1. The van der Waals surface area contributed by atoms with Crippen molar-refractivity contribution < 1.29 is 14.4 Å². The van der Waals surface area contributed by atoms with E-state index in [4.69, 9.17) is 0 Å². The Morgan fingerprint density at radius 3 is 2.22 bits per heavy atom. The van der Waals surface area contributed by atoms with Crippen molar-refractivity contribution in [3.05, 3.63) is 0 Å². The number of amides is 3. The van der Waals surface area contributed by atoms with Crippen LogP contribution in [0.4, 0.5) is 0 Å². The summed E-state index contributed by atoms with van der Waals surface area (Å²) in [6.45, 7) is 2.75. The van der Waals surface area contributed by atoms with Crippen LogP contribution in [0.3, 0.4) is 0 Å². The number of hydrogen-bond donors (Lipinski definition) is 1. The first-order valence-corrected chi connectivity index (χ1v) is 11.0. The number of likely N-dealkylation sites (tertiary alicyclic amines) is 2. The van der Waals surface area contributed by atoms with Crippen molar-refractivity contribution in [1.82, 2.24) is 15.1 Å². The Labute approximate surface area is 163 Å². The molecule has 152 valence electrons. The minimum Gasteiger partial charge on any atom is -0.353 e. The van der Waals surface area contributed by atoms with Crippen LogP contribution < -0.4 is 5.32 Å². The van der Waals surface area contributed by atoms with E-state index in [0.717, 1.165) is 38.8 Å². The Kier molecular flexibility index (Phi) is 7.53. The Morgan fingerprint density at radius 1 is 0.852 bits per heavy atom. The maximum atomic E-state index is 12.7. The van der Waals surface area contributed by atoms with Gasteiger partial charge in [0, 0.05) is 45.1 Å². The van der Waals surface area contributed by atoms with E-state index < -0.39 is 0 Å². The quantitative estimate of drug-likeness (QED) is 0.773. The lowest BCUT2D eigenvalue weighted by molar-refractivity contribution is -0.138. The molecule has 2 saturated heterocycles. The van der Waals surface area contributed by atoms with Gasteiger partial charge in [-0.05, 0) is 32.1 Å². The lowest BCUT2D eigenvalue weighted by Gasteiger charge is -2.33. The summed E-state index contributed by atoms with van der Waals surface area (Å²) in [6, 6.07) is 0.310. The molecule has 0 aromatic heterocycles. The average Bonchev–Trinajstić information content (AvgIpc) is 3.03. The Balaban J connectivity index is 1.43. The van der Waals surface area contributed by atoms with Crippen molar-refractivity contribution in [2.45, 2.75) is 83.1 Å². The zero-order valence-electron chi connectivity index (χ0n) is 16.6. The van der Waals surface area contributed by atoms with Gasteiger partial charge in [-0.2, -0.15) is 0 Å². The Hall–Kier alpha value is -1.59. The first-order chi connectivity index (χ1) is 13.1. The van der Waals surface area contributed by atoms with E-state index in [-0.39, 0.29) is 23.6 Å². The summed E-state index contributed by atoms with van der Waals surface area (Å²) >= 11 is 0. The van der Waals surface area contributed by atoms with Crippen LogP contribution in [0, 0.1) is 5.92 Å². The van der Waals surface area contributed by atoms with E-state index >= 15 is 0 Å². The molecule has 3 amide bonds. The predicted octanol–water partition coefficient (Wildman–Crippen LogP) is 2.47. The smallest absolute Gasteiger partial charge is 0.225 e. The lowest BCUT2D eigenvalue weighted by atomic mass is 9.93. The highest BCUT2D eigenvalue weighted by Crippen LogP contribution is 2.21. The van der Waals surface area contributed by atoms with Crippen molar-refractivity contribution in [1.29, 1.82) is 0 Å². The molecule has 0 radical (unpaired) electrons. The van der Waals surface area contributed by atoms with Crippen LogP contribution in [0.15, 0.2) is 0 Å². The highest BCUT2D eigenvalue weighted by molar-refractivity contribution is 5.84. The highest BCUT2D eigenvalue weighted by Gasteiger charge is 2.31. The predicted molar refractivity (Wildman–Crippen MR) is 104 cm³/mol. The number of piperidine rings is 1. The lowest BCUT2D eigenvalue weighted by Crippen LogP contribution is -2.48. The van der Waals surface area contributed by atoms with Crippen LogP contribution in [0.5, 0.6) is 0 Å². The molecule has 27 heavy (non-hydrogen) atoms. The van der Waals surface area contributed by atoms with Crippen molar-refractivity contribution in [3.63, 3.8) is 0 Å².